The molecule has 0 aliphatic heterocycles. The number of methoxy groups -OCH3 is 1. The van der Waals surface area contributed by atoms with Crippen LogP contribution in [0.3, 0.4) is 0 Å². The minimum Gasteiger partial charge on any atom is -0.496 e. The van der Waals surface area contributed by atoms with Crippen molar-refractivity contribution in [3.8, 4) is 5.75 Å². The average Bonchev–Trinajstić information content (AvgIpc) is 3.33. The maximum Gasteiger partial charge on any atom is 0.221 e. The number of nitrogens with zero attached hydrogens (tertiary/aromatic N) is 2. The molecule has 0 atom stereocenters. The second kappa shape index (κ2) is 8.17. The molecule has 0 aliphatic carbocycles. The van der Waals surface area contributed by atoms with Gasteiger partial charge in [0.25, 0.3) is 0 Å². The van der Waals surface area contributed by atoms with Gasteiger partial charge in [-0.1, -0.05) is 18.2 Å². The Balaban J connectivity index is 1.24. The predicted octanol–water partition coefficient (Wildman–Crippen LogP) is 3.67. The molecule has 2 aromatic heterocycles. The first-order valence-corrected chi connectivity index (χ1v) is 9.57. The number of nitrogens with one attached hydrogen (secondary N) is 2. The quantitative estimate of drug-likeness (QED) is 0.461. The predicted molar refractivity (Wildman–Crippen MR) is 111 cm³/mol. The van der Waals surface area contributed by atoms with Crippen LogP contribution in [0.5, 0.6) is 5.75 Å². The second-order valence-electron chi connectivity index (χ2n) is 6.81. The number of rotatable bonds is 8. The maximum atomic E-state index is 12.2. The van der Waals surface area contributed by atoms with Gasteiger partial charge < -0.3 is 19.6 Å². The fourth-order valence-electron chi connectivity index (χ4n) is 3.49. The molecule has 1 amide bonds. The molecule has 2 heterocycles. The number of amides is 1. The van der Waals surface area contributed by atoms with Gasteiger partial charge in [-0.2, -0.15) is 0 Å². The molecule has 28 heavy (non-hydrogen) atoms. The molecular formula is C22H24N4O2. The molecule has 4 aromatic rings. The van der Waals surface area contributed by atoms with Crippen LogP contribution in [0, 0.1) is 0 Å². The number of imidazole rings is 1. The van der Waals surface area contributed by atoms with E-state index < -0.39 is 0 Å². The molecule has 0 bridgehead atoms. The minimum absolute atomic E-state index is 0.0642. The Morgan fingerprint density at radius 3 is 2.93 bits per heavy atom. The van der Waals surface area contributed by atoms with Gasteiger partial charge in [0.2, 0.25) is 5.91 Å². The molecular weight excluding hydrogens is 352 g/mol. The summed E-state index contributed by atoms with van der Waals surface area (Å²) < 4.78 is 7.48. The Hall–Kier alpha value is -3.28. The zero-order chi connectivity index (χ0) is 19.3. The van der Waals surface area contributed by atoms with Crippen LogP contribution in [0.2, 0.25) is 0 Å². The van der Waals surface area contributed by atoms with E-state index >= 15 is 0 Å². The van der Waals surface area contributed by atoms with Crippen molar-refractivity contribution in [2.45, 2.75) is 25.8 Å². The number of ether oxygens (including phenoxy) is 1. The van der Waals surface area contributed by atoms with Crippen molar-refractivity contribution in [2.24, 2.45) is 0 Å². The highest BCUT2D eigenvalue weighted by molar-refractivity contribution is 5.86. The number of carbonyl (C=O) groups is 1. The van der Waals surface area contributed by atoms with E-state index in [0.29, 0.717) is 19.5 Å². The van der Waals surface area contributed by atoms with E-state index in [2.05, 4.69) is 19.9 Å². The Morgan fingerprint density at radius 1 is 1.18 bits per heavy atom. The van der Waals surface area contributed by atoms with Crippen molar-refractivity contribution in [1.29, 1.82) is 0 Å². The van der Waals surface area contributed by atoms with E-state index in [9.17, 15) is 4.79 Å². The van der Waals surface area contributed by atoms with Crippen molar-refractivity contribution >= 4 is 27.8 Å². The summed E-state index contributed by atoms with van der Waals surface area (Å²) in [5.41, 5.74) is 3.12. The van der Waals surface area contributed by atoms with Gasteiger partial charge in [0.05, 0.1) is 23.7 Å². The van der Waals surface area contributed by atoms with Gasteiger partial charge in [0.1, 0.15) is 11.6 Å². The largest absolute Gasteiger partial charge is 0.496 e. The summed E-state index contributed by atoms with van der Waals surface area (Å²) in [6.07, 6.45) is 4.12. The van der Waals surface area contributed by atoms with Crippen LogP contribution in [0.15, 0.2) is 54.7 Å². The number of fused-ring (bicyclic) bond motifs is 2. The fraction of sp³-hybridized carbons (Fsp3) is 0.273. The lowest BCUT2D eigenvalue weighted by molar-refractivity contribution is -0.121. The molecule has 0 spiro atoms. The highest BCUT2D eigenvalue weighted by Crippen LogP contribution is 2.26. The molecule has 2 aromatic carbocycles. The van der Waals surface area contributed by atoms with Crippen molar-refractivity contribution in [2.75, 3.05) is 13.7 Å². The van der Waals surface area contributed by atoms with Gasteiger partial charge in [0.15, 0.2) is 0 Å². The fourth-order valence-corrected chi connectivity index (χ4v) is 3.49. The summed E-state index contributed by atoms with van der Waals surface area (Å²) in [5.74, 6) is 1.88. The first-order chi connectivity index (χ1) is 13.7. The lowest BCUT2D eigenvalue weighted by Crippen LogP contribution is -2.25. The number of aryl methyl sites for hydroxylation is 2. The molecule has 0 fully saturated rings. The van der Waals surface area contributed by atoms with E-state index in [1.165, 1.54) is 0 Å². The third kappa shape index (κ3) is 3.86. The van der Waals surface area contributed by atoms with Gasteiger partial charge in [-0.25, -0.2) is 4.98 Å². The molecule has 0 unspecified atom stereocenters. The van der Waals surface area contributed by atoms with Gasteiger partial charge in [-0.05, 0) is 36.8 Å². The molecule has 0 saturated carbocycles. The first kappa shape index (κ1) is 18.1. The third-order valence-corrected chi connectivity index (χ3v) is 4.92. The maximum absolute atomic E-state index is 12.2. The van der Waals surface area contributed by atoms with Crippen LogP contribution in [-0.4, -0.2) is 34.1 Å². The number of hydrogen-bond acceptors (Lipinski definition) is 3. The number of aromatic amines is 1. The van der Waals surface area contributed by atoms with Crippen LogP contribution in [-0.2, 0) is 17.8 Å². The first-order valence-electron chi connectivity index (χ1n) is 9.57. The highest BCUT2D eigenvalue weighted by Gasteiger charge is 2.08. The molecule has 2 N–H and O–H groups in total. The van der Waals surface area contributed by atoms with Crippen LogP contribution < -0.4 is 10.1 Å². The SMILES string of the molecule is COc1cccc2c1ccn2CCC(=O)NCCCc1nc2ccccc2[nH]1. The zero-order valence-corrected chi connectivity index (χ0v) is 15.9. The number of carbonyl (C=O) groups excluding carboxylic acids is 1. The van der Waals surface area contributed by atoms with Crippen molar-refractivity contribution in [3.05, 3.63) is 60.6 Å². The van der Waals surface area contributed by atoms with Crippen molar-refractivity contribution < 1.29 is 9.53 Å². The lowest BCUT2D eigenvalue weighted by atomic mass is 10.2. The van der Waals surface area contributed by atoms with E-state index in [-0.39, 0.29) is 5.91 Å². The average molecular weight is 376 g/mol. The summed E-state index contributed by atoms with van der Waals surface area (Å²) in [6, 6.07) is 16.0. The molecule has 4 rings (SSSR count). The standard InChI is InChI=1S/C22H24N4O2/c1-28-20-9-4-8-19-16(20)11-14-26(19)15-12-22(27)23-13-5-10-21-24-17-6-2-3-7-18(17)25-21/h2-4,6-9,11,14H,5,10,12-13,15H2,1H3,(H,23,27)(H,24,25). The smallest absolute Gasteiger partial charge is 0.221 e. The van der Waals surface area contributed by atoms with Crippen LogP contribution in [0.4, 0.5) is 0 Å². The minimum atomic E-state index is 0.0642. The van der Waals surface area contributed by atoms with Gasteiger partial charge in [-0.15, -0.1) is 0 Å². The Kier molecular flexibility index (Phi) is 5.28. The molecule has 6 heteroatoms. The van der Waals surface area contributed by atoms with Crippen molar-refractivity contribution in [3.63, 3.8) is 0 Å². The number of aromatic nitrogens is 3. The summed E-state index contributed by atoms with van der Waals surface area (Å²) in [5, 5.41) is 4.07. The highest BCUT2D eigenvalue weighted by atomic mass is 16.5. The van der Waals surface area contributed by atoms with Crippen LogP contribution >= 0.6 is 0 Å². The Bertz CT molecular complexity index is 1060. The molecule has 0 saturated heterocycles. The van der Waals surface area contributed by atoms with Gasteiger partial charge in [0, 0.05) is 37.5 Å². The van der Waals surface area contributed by atoms with E-state index in [4.69, 9.17) is 4.74 Å². The summed E-state index contributed by atoms with van der Waals surface area (Å²) in [4.78, 5) is 20.1. The van der Waals surface area contributed by atoms with Crippen LogP contribution in [0.1, 0.15) is 18.7 Å². The number of H-pyrrole nitrogens is 1. The second-order valence-corrected chi connectivity index (χ2v) is 6.81. The monoisotopic (exact) mass is 376 g/mol. The third-order valence-electron chi connectivity index (χ3n) is 4.92. The summed E-state index contributed by atoms with van der Waals surface area (Å²) in [6.45, 7) is 1.29. The van der Waals surface area contributed by atoms with E-state index in [1.807, 2.05) is 54.7 Å². The Morgan fingerprint density at radius 2 is 2.07 bits per heavy atom. The number of para-hydroxylation sites is 2. The lowest BCUT2D eigenvalue weighted by Gasteiger charge is -2.08. The topological polar surface area (TPSA) is 71.9 Å². The summed E-state index contributed by atoms with van der Waals surface area (Å²) >= 11 is 0. The zero-order valence-electron chi connectivity index (χ0n) is 15.9. The van der Waals surface area contributed by atoms with Crippen molar-refractivity contribution in [1.82, 2.24) is 19.9 Å². The van der Waals surface area contributed by atoms with Gasteiger partial charge in [-0.3, -0.25) is 4.79 Å². The molecule has 6 nitrogen and oxygen atoms in total. The van der Waals surface area contributed by atoms with Gasteiger partial charge >= 0.3 is 0 Å². The number of benzene rings is 2. The van der Waals surface area contributed by atoms with E-state index in [0.717, 1.165) is 46.4 Å². The molecule has 0 aliphatic rings. The molecule has 0 radical (unpaired) electrons. The Labute approximate surface area is 163 Å². The van der Waals surface area contributed by atoms with Crippen LogP contribution in [0.25, 0.3) is 21.9 Å². The molecule has 144 valence electrons. The summed E-state index contributed by atoms with van der Waals surface area (Å²) in [7, 11) is 1.67. The van der Waals surface area contributed by atoms with E-state index in [1.54, 1.807) is 7.11 Å². The number of hydrogen-bond donors (Lipinski definition) is 2. The normalized spacial score (nSPS) is 11.2.